The van der Waals surface area contributed by atoms with E-state index >= 15 is 0 Å². The Morgan fingerprint density at radius 2 is 1.89 bits per heavy atom. The van der Waals surface area contributed by atoms with Crippen LogP contribution in [0.3, 0.4) is 0 Å². The van der Waals surface area contributed by atoms with Crippen molar-refractivity contribution in [2.45, 2.75) is 31.8 Å². The highest BCUT2D eigenvalue weighted by molar-refractivity contribution is 5.98. The van der Waals surface area contributed by atoms with Crippen LogP contribution in [0.4, 0.5) is 0 Å². The van der Waals surface area contributed by atoms with Crippen LogP contribution in [0.2, 0.25) is 0 Å². The molecule has 2 aromatic carbocycles. The fraction of sp³-hybridized carbons (Fsp3) is 0.304. The molecule has 2 heterocycles. The average molecular weight is 360 g/mol. The molecule has 0 bridgehead atoms. The lowest BCUT2D eigenvalue weighted by molar-refractivity contribution is -0.0163. The molecule has 1 aromatic heterocycles. The van der Waals surface area contributed by atoms with Gasteiger partial charge in [-0.2, -0.15) is 0 Å². The Hall–Kier alpha value is -2.72. The lowest BCUT2D eigenvalue weighted by Crippen LogP contribution is -2.47. The van der Waals surface area contributed by atoms with E-state index in [0.717, 1.165) is 10.8 Å². The number of pyridine rings is 1. The number of aliphatic hydroxyl groups is 1. The Labute approximate surface area is 159 Å². The van der Waals surface area contributed by atoms with Gasteiger partial charge in [-0.3, -0.25) is 9.78 Å². The number of hydrogen-bond acceptors (Lipinski definition) is 3. The Bertz CT molecular complexity index is 975. The Balaban J connectivity index is 1.45. The van der Waals surface area contributed by atoms with Crippen LogP contribution in [0.1, 0.15) is 34.3 Å². The van der Waals surface area contributed by atoms with Gasteiger partial charge >= 0.3 is 0 Å². The first-order valence-electron chi connectivity index (χ1n) is 9.44. The molecule has 4 rings (SSSR count). The van der Waals surface area contributed by atoms with Crippen LogP contribution in [0.15, 0.2) is 60.9 Å². The maximum Gasteiger partial charge on any atom is 0.253 e. The standard InChI is InChI=1S/C23H24N2O2/c1-17-4-2-3-5-20(17)15-23(27)9-12-25(13-10-23)22(26)19-6-7-21-16-24-11-8-18(21)14-19/h2-8,11,14,16,27H,9-10,12-13,15H2,1H3. The predicted molar refractivity (Wildman–Crippen MR) is 107 cm³/mol. The number of piperidine rings is 1. The first-order chi connectivity index (χ1) is 13.0. The van der Waals surface area contributed by atoms with Crippen molar-refractivity contribution in [1.82, 2.24) is 9.88 Å². The summed E-state index contributed by atoms with van der Waals surface area (Å²) >= 11 is 0. The number of aryl methyl sites for hydroxylation is 1. The third-order valence-corrected chi connectivity index (χ3v) is 5.65. The summed E-state index contributed by atoms with van der Waals surface area (Å²) in [5.74, 6) is 0.0339. The molecule has 0 atom stereocenters. The van der Waals surface area contributed by atoms with Crippen LogP contribution in [-0.4, -0.2) is 39.6 Å². The summed E-state index contributed by atoms with van der Waals surface area (Å²) in [5.41, 5.74) is 2.34. The van der Waals surface area contributed by atoms with Crippen LogP contribution in [0.5, 0.6) is 0 Å². The minimum Gasteiger partial charge on any atom is -0.389 e. The molecule has 3 aromatic rings. The van der Waals surface area contributed by atoms with Gasteiger partial charge in [0.15, 0.2) is 0 Å². The molecule has 138 valence electrons. The van der Waals surface area contributed by atoms with E-state index in [1.165, 1.54) is 11.1 Å². The van der Waals surface area contributed by atoms with Crippen LogP contribution in [0, 0.1) is 6.92 Å². The normalized spacial score (nSPS) is 16.4. The molecule has 1 amide bonds. The van der Waals surface area contributed by atoms with Gasteiger partial charge in [0.1, 0.15) is 0 Å². The number of hydrogen-bond donors (Lipinski definition) is 1. The van der Waals surface area contributed by atoms with Crippen LogP contribution in [-0.2, 0) is 6.42 Å². The van der Waals surface area contributed by atoms with Gasteiger partial charge in [0.25, 0.3) is 5.91 Å². The van der Waals surface area contributed by atoms with Gasteiger partial charge in [-0.15, -0.1) is 0 Å². The highest BCUT2D eigenvalue weighted by atomic mass is 16.3. The van der Waals surface area contributed by atoms with E-state index in [0.29, 0.717) is 37.9 Å². The molecule has 0 spiro atoms. The fourth-order valence-corrected chi connectivity index (χ4v) is 3.86. The van der Waals surface area contributed by atoms with Crippen molar-refractivity contribution in [3.63, 3.8) is 0 Å². The molecule has 0 unspecified atom stereocenters. The van der Waals surface area contributed by atoms with Crippen molar-refractivity contribution >= 4 is 16.7 Å². The number of carbonyl (C=O) groups is 1. The van der Waals surface area contributed by atoms with Crippen molar-refractivity contribution in [2.75, 3.05) is 13.1 Å². The van der Waals surface area contributed by atoms with Gasteiger partial charge in [-0.05, 0) is 54.5 Å². The molecule has 1 N–H and O–H groups in total. The van der Waals surface area contributed by atoms with E-state index in [4.69, 9.17) is 0 Å². The monoisotopic (exact) mass is 360 g/mol. The summed E-state index contributed by atoms with van der Waals surface area (Å²) in [5, 5.41) is 13.1. The number of nitrogens with zero attached hydrogens (tertiary/aromatic N) is 2. The summed E-state index contributed by atoms with van der Waals surface area (Å²) in [6.07, 6.45) is 5.39. The Morgan fingerprint density at radius 3 is 2.67 bits per heavy atom. The maximum atomic E-state index is 12.9. The van der Waals surface area contributed by atoms with Crippen LogP contribution in [0.25, 0.3) is 10.8 Å². The summed E-state index contributed by atoms with van der Waals surface area (Å²) in [6, 6.07) is 15.8. The lowest BCUT2D eigenvalue weighted by Gasteiger charge is -2.38. The van der Waals surface area contributed by atoms with Gasteiger partial charge in [-0.1, -0.05) is 30.3 Å². The van der Waals surface area contributed by atoms with E-state index < -0.39 is 5.60 Å². The minimum absolute atomic E-state index is 0.0339. The topological polar surface area (TPSA) is 53.4 Å². The van der Waals surface area contributed by atoms with Crippen molar-refractivity contribution in [1.29, 1.82) is 0 Å². The minimum atomic E-state index is -0.738. The van der Waals surface area contributed by atoms with Gasteiger partial charge in [0.2, 0.25) is 0 Å². The van der Waals surface area contributed by atoms with Crippen molar-refractivity contribution in [2.24, 2.45) is 0 Å². The Kier molecular flexibility index (Phi) is 4.66. The number of aromatic nitrogens is 1. The molecule has 27 heavy (non-hydrogen) atoms. The zero-order chi connectivity index (χ0) is 18.9. The summed E-state index contributed by atoms with van der Waals surface area (Å²) in [4.78, 5) is 18.9. The molecule has 1 aliphatic rings. The van der Waals surface area contributed by atoms with E-state index in [2.05, 4.69) is 24.0 Å². The third kappa shape index (κ3) is 3.71. The average Bonchev–Trinajstić information content (AvgIpc) is 2.69. The zero-order valence-electron chi connectivity index (χ0n) is 15.6. The van der Waals surface area contributed by atoms with Crippen LogP contribution < -0.4 is 0 Å². The predicted octanol–water partition coefficient (Wildman–Crippen LogP) is 3.75. The SMILES string of the molecule is Cc1ccccc1CC1(O)CCN(C(=O)c2ccc3cnccc3c2)CC1. The number of rotatable bonds is 3. The molecule has 0 aliphatic carbocycles. The number of likely N-dealkylation sites (tertiary alicyclic amines) is 1. The van der Waals surface area contributed by atoms with Crippen molar-refractivity contribution < 1.29 is 9.90 Å². The van der Waals surface area contributed by atoms with E-state index in [9.17, 15) is 9.90 Å². The molecule has 4 nitrogen and oxygen atoms in total. The molecule has 0 radical (unpaired) electrons. The first-order valence-corrected chi connectivity index (χ1v) is 9.44. The van der Waals surface area contributed by atoms with Gasteiger partial charge in [-0.25, -0.2) is 0 Å². The van der Waals surface area contributed by atoms with Gasteiger partial charge in [0, 0.05) is 42.9 Å². The highest BCUT2D eigenvalue weighted by Gasteiger charge is 2.34. The third-order valence-electron chi connectivity index (χ3n) is 5.65. The quantitative estimate of drug-likeness (QED) is 0.774. The first kappa shape index (κ1) is 17.7. The van der Waals surface area contributed by atoms with Crippen molar-refractivity contribution in [3.8, 4) is 0 Å². The molecule has 0 saturated carbocycles. The van der Waals surface area contributed by atoms with Gasteiger partial charge < -0.3 is 10.0 Å². The van der Waals surface area contributed by atoms with E-state index in [1.54, 1.807) is 12.4 Å². The summed E-state index contributed by atoms with van der Waals surface area (Å²) < 4.78 is 0. The molecule has 1 aliphatic heterocycles. The largest absolute Gasteiger partial charge is 0.389 e. The van der Waals surface area contributed by atoms with Crippen molar-refractivity contribution in [3.05, 3.63) is 77.6 Å². The highest BCUT2D eigenvalue weighted by Crippen LogP contribution is 2.28. The number of benzene rings is 2. The zero-order valence-corrected chi connectivity index (χ0v) is 15.6. The maximum absolute atomic E-state index is 12.9. The van der Waals surface area contributed by atoms with Crippen LogP contribution >= 0.6 is 0 Å². The fourth-order valence-electron chi connectivity index (χ4n) is 3.86. The van der Waals surface area contributed by atoms with E-state index in [1.807, 2.05) is 41.3 Å². The number of fused-ring (bicyclic) bond motifs is 1. The second kappa shape index (κ2) is 7.12. The molecule has 4 heteroatoms. The summed E-state index contributed by atoms with van der Waals surface area (Å²) in [6.45, 7) is 3.23. The number of carbonyl (C=O) groups excluding carboxylic acids is 1. The molecular formula is C23H24N2O2. The molecule has 1 fully saturated rings. The van der Waals surface area contributed by atoms with E-state index in [-0.39, 0.29) is 5.91 Å². The summed E-state index contributed by atoms with van der Waals surface area (Å²) in [7, 11) is 0. The number of amides is 1. The second-order valence-electron chi connectivity index (χ2n) is 7.56. The Morgan fingerprint density at radius 1 is 1.11 bits per heavy atom. The second-order valence-corrected chi connectivity index (χ2v) is 7.56. The molecular weight excluding hydrogens is 336 g/mol. The molecule has 1 saturated heterocycles. The van der Waals surface area contributed by atoms with Gasteiger partial charge in [0.05, 0.1) is 5.60 Å². The smallest absolute Gasteiger partial charge is 0.253 e. The lowest BCUT2D eigenvalue weighted by atomic mass is 9.84.